The van der Waals surface area contributed by atoms with Crippen molar-refractivity contribution in [1.82, 2.24) is 15.0 Å². The summed E-state index contributed by atoms with van der Waals surface area (Å²) in [7, 11) is 3.00. The van der Waals surface area contributed by atoms with Crippen LogP contribution in [0.4, 0.5) is 17.6 Å². The predicted molar refractivity (Wildman–Crippen MR) is 76.8 cm³/mol. The van der Waals surface area contributed by atoms with Crippen molar-refractivity contribution < 1.29 is 9.47 Å². The summed E-state index contributed by atoms with van der Waals surface area (Å²) in [6.07, 6.45) is 0. The Morgan fingerprint density at radius 2 is 1.90 bits per heavy atom. The zero-order chi connectivity index (χ0) is 14.7. The summed E-state index contributed by atoms with van der Waals surface area (Å²) in [5, 5.41) is 3.61. The third kappa shape index (κ3) is 3.00. The van der Waals surface area contributed by atoms with Gasteiger partial charge in [-0.2, -0.15) is 15.0 Å². The molecule has 0 fully saturated rings. The van der Waals surface area contributed by atoms with Crippen LogP contribution in [-0.4, -0.2) is 29.2 Å². The highest BCUT2D eigenvalue weighted by atomic mass is 35.5. The second-order valence-corrected chi connectivity index (χ2v) is 4.34. The van der Waals surface area contributed by atoms with Crippen LogP contribution in [0.2, 0.25) is 5.02 Å². The van der Waals surface area contributed by atoms with E-state index in [1.54, 1.807) is 13.2 Å². The lowest BCUT2D eigenvalue weighted by Crippen LogP contribution is -2.06. The molecule has 3 N–H and O–H groups in total. The summed E-state index contributed by atoms with van der Waals surface area (Å²) in [4.78, 5) is 11.8. The number of hydrogen-bond donors (Lipinski definition) is 2. The fraction of sp³-hybridized carbons (Fsp3) is 0.250. The van der Waals surface area contributed by atoms with Crippen molar-refractivity contribution in [2.24, 2.45) is 0 Å². The van der Waals surface area contributed by atoms with Crippen molar-refractivity contribution >= 4 is 29.2 Å². The highest BCUT2D eigenvalue weighted by Gasteiger charge is 2.10. The van der Waals surface area contributed by atoms with E-state index < -0.39 is 0 Å². The van der Waals surface area contributed by atoms with Crippen LogP contribution in [0.3, 0.4) is 0 Å². The number of aryl methyl sites for hydroxylation is 1. The van der Waals surface area contributed by atoms with Crippen molar-refractivity contribution in [2.45, 2.75) is 6.92 Å². The van der Waals surface area contributed by atoms with Crippen LogP contribution in [0.1, 0.15) is 5.56 Å². The third-order valence-electron chi connectivity index (χ3n) is 2.54. The van der Waals surface area contributed by atoms with Crippen molar-refractivity contribution in [3.8, 4) is 11.8 Å². The fourth-order valence-electron chi connectivity index (χ4n) is 1.57. The van der Waals surface area contributed by atoms with Crippen molar-refractivity contribution in [1.29, 1.82) is 0 Å². The van der Waals surface area contributed by atoms with Gasteiger partial charge in [-0.05, 0) is 18.6 Å². The Labute approximate surface area is 121 Å². The number of methoxy groups -OCH3 is 2. The molecule has 0 unspecified atom stereocenters. The zero-order valence-corrected chi connectivity index (χ0v) is 12.0. The van der Waals surface area contributed by atoms with Gasteiger partial charge in [0.1, 0.15) is 5.75 Å². The Morgan fingerprint density at radius 3 is 2.55 bits per heavy atom. The second-order valence-electron chi connectivity index (χ2n) is 3.93. The van der Waals surface area contributed by atoms with Gasteiger partial charge in [0.15, 0.2) is 0 Å². The molecule has 0 saturated carbocycles. The Kier molecular flexibility index (Phi) is 4.09. The van der Waals surface area contributed by atoms with Gasteiger partial charge in [0.25, 0.3) is 0 Å². The molecule has 0 atom stereocenters. The van der Waals surface area contributed by atoms with Crippen molar-refractivity contribution in [2.75, 3.05) is 25.3 Å². The normalized spacial score (nSPS) is 10.2. The first-order valence-electron chi connectivity index (χ1n) is 5.70. The van der Waals surface area contributed by atoms with E-state index in [9.17, 15) is 0 Å². The maximum absolute atomic E-state index is 6.05. The van der Waals surface area contributed by atoms with Gasteiger partial charge in [-0.1, -0.05) is 11.6 Å². The summed E-state index contributed by atoms with van der Waals surface area (Å²) < 4.78 is 10.2. The van der Waals surface area contributed by atoms with Gasteiger partial charge in [-0.25, -0.2) is 0 Å². The minimum atomic E-state index is 0.0593. The van der Waals surface area contributed by atoms with E-state index in [0.29, 0.717) is 16.5 Å². The smallest absolute Gasteiger partial charge is 0.322 e. The van der Waals surface area contributed by atoms with Gasteiger partial charge in [0, 0.05) is 11.1 Å². The first-order chi connectivity index (χ1) is 9.53. The minimum absolute atomic E-state index is 0.0593. The molecule has 106 valence electrons. The standard InChI is InChI=1S/C12H14ClN5O2/c1-6-4-8(9(19-2)5-7(6)13)15-11-16-10(14)17-12(18-11)20-3/h4-5H,1-3H3,(H3,14,15,16,17,18). The molecule has 0 saturated heterocycles. The first-order valence-corrected chi connectivity index (χ1v) is 6.08. The van der Waals surface area contributed by atoms with E-state index in [2.05, 4.69) is 20.3 Å². The summed E-state index contributed by atoms with van der Waals surface area (Å²) >= 11 is 6.05. The van der Waals surface area contributed by atoms with Gasteiger partial charge in [-0.3, -0.25) is 0 Å². The molecule has 8 heteroatoms. The lowest BCUT2D eigenvalue weighted by Gasteiger charge is -2.12. The van der Waals surface area contributed by atoms with Crippen LogP contribution >= 0.6 is 11.6 Å². The van der Waals surface area contributed by atoms with Gasteiger partial charge in [-0.15, -0.1) is 0 Å². The van der Waals surface area contributed by atoms with Crippen LogP contribution in [0.15, 0.2) is 12.1 Å². The first kappa shape index (κ1) is 14.1. The minimum Gasteiger partial charge on any atom is -0.495 e. The van der Waals surface area contributed by atoms with Crippen LogP contribution in [-0.2, 0) is 0 Å². The number of nitrogens with zero attached hydrogens (tertiary/aromatic N) is 3. The van der Waals surface area contributed by atoms with Crippen LogP contribution in [0.5, 0.6) is 11.8 Å². The van der Waals surface area contributed by atoms with Gasteiger partial charge in [0.05, 0.1) is 19.9 Å². The number of halogens is 1. The number of aromatic nitrogens is 3. The number of nitrogens with two attached hydrogens (primary N) is 1. The lowest BCUT2D eigenvalue weighted by atomic mass is 10.2. The van der Waals surface area contributed by atoms with Crippen LogP contribution < -0.4 is 20.5 Å². The number of nitrogen functional groups attached to an aromatic ring is 1. The largest absolute Gasteiger partial charge is 0.495 e. The molecular formula is C12H14ClN5O2. The molecular weight excluding hydrogens is 282 g/mol. The molecule has 0 aliphatic rings. The molecule has 0 amide bonds. The maximum atomic E-state index is 6.05. The zero-order valence-electron chi connectivity index (χ0n) is 11.3. The van der Waals surface area contributed by atoms with Crippen molar-refractivity contribution in [3.63, 3.8) is 0 Å². The van der Waals surface area contributed by atoms with E-state index in [0.717, 1.165) is 5.56 Å². The van der Waals surface area contributed by atoms with E-state index in [4.69, 9.17) is 26.8 Å². The molecule has 1 aromatic carbocycles. The summed E-state index contributed by atoms with van der Waals surface area (Å²) in [5.74, 6) is 0.886. The molecule has 0 spiro atoms. The quantitative estimate of drug-likeness (QED) is 0.892. The van der Waals surface area contributed by atoms with E-state index in [-0.39, 0.29) is 17.9 Å². The van der Waals surface area contributed by atoms with E-state index in [1.807, 2.05) is 13.0 Å². The lowest BCUT2D eigenvalue weighted by molar-refractivity contribution is 0.380. The number of hydrogen-bond acceptors (Lipinski definition) is 7. The average molecular weight is 296 g/mol. The average Bonchev–Trinajstić information content (AvgIpc) is 2.42. The van der Waals surface area contributed by atoms with E-state index in [1.165, 1.54) is 7.11 Å². The molecule has 1 heterocycles. The molecule has 2 aromatic rings. The van der Waals surface area contributed by atoms with Gasteiger partial charge < -0.3 is 20.5 Å². The second kappa shape index (κ2) is 5.79. The molecule has 0 aliphatic heterocycles. The highest BCUT2D eigenvalue weighted by Crippen LogP contribution is 2.32. The monoisotopic (exact) mass is 295 g/mol. The molecule has 0 radical (unpaired) electrons. The molecule has 7 nitrogen and oxygen atoms in total. The molecule has 0 bridgehead atoms. The number of anilines is 3. The molecule has 1 aromatic heterocycles. The summed E-state index contributed by atoms with van der Waals surface area (Å²) in [5.41, 5.74) is 7.14. The number of rotatable bonds is 4. The van der Waals surface area contributed by atoms with Crippen LogP contribution in [0.25, 0.3) is 0 Å². The maximum Gasteiger partial charge on any atom is 0.322 e. The number of benzene rings is 1. The number of nitrogens with one attached hydrogen (secondary N) is 1. The Bertz CT molecular complexity index is 635. The van der Waals surface area contributed by atoms with Crippen molar-refractivity contribution in [3.05, 3.63) is 22.7 Å². The Hall–Kier alpha value is -2.28. The molecule has 20 heavy (non-hydrogen) atoms. The van der Waals surface area contributed by atoms with E-state index >= 15 is 0 Å². The Balaban J connectivity index is 2.39. The predicted octanol–water partition coefficient (Wildman–Crippen LogP) is 2.18. The van der Waals surface area contributed by atoms with Gasteiger partial charge >= 0.3 is 6.01 Å². The van der Waals surface area contributed by atoms with Crippen LogP contribution in [0, 0.1) is 6.92 Å². The SMILES string of the molecule is COc1nc(N)nc(Nc2cc(C)c(Cl)cc2OC)n1. The summed E-state index contributed by atoms with van der Waals surface area (Å²) in [6, 6.07) is 3.67. The molecule has 2 rings (SSSR count). The highest BCUT2D eigenvalue weighted by molar-refractivity contribution is 6.31. The third-order valence-corrected chi connectivity index (χ3v) is 2.95. The fourth-order valence-corrected chi connectivity index (χ4v) is 1.72. The van der Waals surface area contributed by atoms with Gasteiger partial charge in [0.2, 0.25) is 11.9 Å². The number of ether oxygens (including phenoxy) is 2. The Morgan fingerprint density at radius 1 is 1.15 bits per heavy atom. The topological polar surface area (TPSA) is 95.2 Å². The molecule has 0 aliphatic carbocycles. The summed E-state index contributed by atoms with van der Waals surface area (Å²) in [6.45, 7) is 1.88.